The maximum atomic E-state index is 12.8. The lowest BCUT2D eigenvalue weighted by Gasteiger charge is -2.22. The predicted molar refractivity (Wildman–Crippen MR) is 110 cm³/mol. The highest BCUT2D eigenvalue weighted by Gasteiger charge is 2.30. The topological polar surface area (TPSA) is 61.9 Å². The van der Waals surface area contributed by atoms with Crippen molar-refractivity contribution in [3.63, 3.8) is 0 Å². The van der Waals surface area contributed by atoms with Gasteiger partial charge in [0.2, 0.25) is 11.1 Å². The van der Waals surface area contributed by atoms with E-state index in [0.717, 1.165) is 12.1 Å². The molecule has 0 saturated heterocycles. The monoisotopic (exact) mass is 418 g/mol. The SMILES string of the molecule is C[C@@H]1Cc2ccccc2N1C(=O)CSc1n[nH]c(-c2cc(Cl)ccc2Cl)n1. The molecule has 0 aliphatic carbocycles. The summed E-state index contributed by atoms with van der Waals surface area (Å²) >= 11 is 13.5. The summed E-state index contributed by atoms with van der Waals surface area (Å²) in [6, 6.07) is 13.3. The van der Waals surface area contributed by atoms with Crippen LogP contribution in [0.2, 0.25) is 10.0 Å². The normalized spacial score (nSPS) is 15.8. The first-order chi connectivity index (χ1) is 13.0. The van der Waals surface area contributed by atoms with Crippen LogP contribution in [0.1, 0.15) is 12.5 Å². The fourth-order valence-corrected chi connectivity index (χ4v) is 4.29. The Balaban J connectivity index is 1.46. The molecule has 1 amide bonds. The lowest BCUT2D eigenvalue weighted by atomic mass is 10.1. The number of nitrogens with zero attached hydrogens (tertiary/aromatic N) is 3. The highest BCUT2D eigenvalue weighted by Crippen LogP contribution is 2.33. The van der Waals surface area contributed by atoms with Crippen LogP contribution in [0.5, 0.6) is 0 Å². The Morgan fingerprint density at radius 3 is 2.96 bits per heavy atom. The summed E-state index contributed by atoms with van der Waals surface area (Å²) in [6.45, 7) is 2.06. The van der Waals surface area contributed by atoms with Crippen molar-refractivity contribution >= 4 is 46.6 Å². The van der Waals surface area contributed by atoms with E-state index in [1.54, 1.807) is 18.2 Å². The van der Waals surface area contributed by atoms with Gasteiger partial charge >= 0.3 is 0 Å². The van der Waals surface area contributed by atoms with Gasteiger partial charge in [0.25, 0.3) is 0 Å². The van der Waals surface area contributed by atoms with Crippen molar-refractivity contribution in [3.8, 4) is 11.4 Å². The van der Waals surface area contributed by atoms with Crippen LogP contribution in [0.15, 0.2) is 47.6 Å². The van der Waals surface area contributed by atoms with Crippen LogP contribution in [-0.2, 0) is 11.2 Å². The van der Waals surface area contributed by atoms with E-state index in [0.29, 0.717) is 26.6 Å². The number of amides is 1. The van der Waals surface area contributed by atoms with Gasteiger partial charge in [-0.15, -0.1) is 5.10 Å². The quantitative estimate of drug-likeness (QED) is 0.615. The first kappa shape index (κ1) is 18.3. The molecule has 1 aromatic heterocycles. The van der Waals surface area contributed by atoms with E-state index in [4.69, 9.17) is 23.2 Å². The number of H-pyrrole nitrogens is 1. The van der Waals surface area contributed by atoms with Crippen LogP contribution in [-0.4, -0.2) is 32.9 Å². The Morgan fingerprint density at radius 1 is 1.30 bits per heavy atom. The fourth-order valence-electron chi connectivity index (χ4n) is 3.25. The number of carbonyl (C=O) groups is 1. The summed E-state index contributed by atoms with van der Waals surface area (Å²) in [7, 11) is 0. The van der Waals surface area contributed by atoms with Crippen LogP contribution < -0.4 is 4.90 Å². The van der Waals surface area contributed by atoms with Crippen LogP contribution in [0.3, 0.4) is 0 Å². The number of nitrogens with one attached hydrogen (secondary N) is 1. The zero-order chi connectivity index (χ0) is 19.0. The number of rotatable bonds is 4. The van der Waals surface area contributed by atoms with Gasteiger partial charge in [-0.05, 0) is 43.2 Å². The average Bonchev–Trinajstić information content (AvgIpc) is 3.25. The highest BCUT2D eigenvalue weighted by atomic mass is 35.5. The largest absolute Gasteiger partial charge is 0.308 e. The molecule has 138 valence electrons. The molecule has 0 saturated carbocycles. The molecule has 1 aliphatic rings. The molecule has 0 bridgehead atoms. The summed E-state index contributed by atoms with van der Waals surface area (Å²) in [5.74, 6) is 0.834. The molecular weight excluding hydrogens is 403 g/mol. The van der Waals surface area contributed by atoms with Crippen LogP contribution >= 0.6 is 35.0 Å². The Labute approximate surface area is 171 Å². The average molecular weight is 419 g/mol. The van der Waals surface area contributed by atoms with Crippen molar-refractivity contribution in [3.05, 3.63) is 58.1 Å². The number of carbonyl (C=O) groups excluding carboxylic acids is 1. The molecule has 1 atom stereocenters. The van der Waals surface area contributed by atoms with Crippen molar-refractivity contribution in [2.45, 2.75) is 24.5 Å². The van der Waals surface area contributed by atoms with Gasteiger partial charge in [0.1, 0.15) is 0 Å². The van der Waals surface area contributed by atoms with Crippen molar-refractivity contribution in [2.75, 3.05) is 10.7 Å². The summed E-state index contributed by atoms with van der Waals surface area (Å²) in [5, 5.41) is 8.63. The minimum Gasteiger partial charge on any atom is -0.308 e. The van der Waals surface area contributed by atoms with Gasteiger partial charge in [-0.3, -0.25) is 9.89 Å². The lowest BCUT2D eigenvalue weighted by Crippen LogP contribution is -2.36. The minimum absolute atomic E-state index is 0.0459. The zero-order valence-corrected chi connectivity index (χ0v) is 16.8. The van der Waals surface area contributed by atoms with Gasteiger partial charge in [-0.25, -0.2) is 4.98 Å². The zero-order valence-electron chi connectivity index (χ0n) is 14.4. The number of para-hydroxylation sites is 1. The van der Waals surface area contributed by atoms with E-state index >= 15 is 0 Å². The molecule has 0 fully saturated rings. The number of aromatic amines is 1. The summed E-state index contributed by atoms with van der Waals surface area (Å²) in [6.07, 6.45) is 0.880. The molecule has 2 aromatic carbocycles. The number of aromatic nitrogens is 3. The number of benzene rings is 2. The number of thioether (sulfide) groups is 1. The lowest BCUT2D eigenvalue weighted by molar-refractivity contribution is -0.116. The molecule has 1 N–H and O–H groups in total. The number of hydrogen-bond donors (Lipinski definition) is 1. The molecule has 0 unspecified atom stereocenters. The molecular formula is C19H16Cl2N4OS. The predicted octanol–water partition coefficient (Wildman–Crippen LogP) is 4.85. The third-order valence-electron chi connectivity index (χ3n) is 4.45. The summed E-state index contributed by atoms with van der Waals surface area (Å²) < 4.78 is 0. The van der Waals surface area contributed by atoms with E-state index in [9.17, 15) is 4.79 Å². The van der Waals surface area contributed by atoms with Gasteiger partial charge in [-0.1, -0.05) is 53.2 Å². The molecule has 3 aromatic rings. The standard InChI is InChI=1S/C19H16Cl2N4OS/c1-11-8-12-4-2-3-5-16(12)25(11)17(26)10-27-19-22-18(23-24-19)14-9-13(20)6-7-15(14)21/h2-7,9,11H,8,10H2,1H3,(H,22,23,24)/t11-/m1/s1. The summed E-state index contributed by atoms with van der Waals surface area (Å²) in [5.41, 5.74) is 2.88. The number of anilines is 1. The molecule has 0 radical (unpaired) electrons. The van der Waals surface area contributed by atoms with E-state index in [2.05, 4.69) is 28.2 Å². The number of halogens is 2. The van der Waals surface area contributed by atoms with E-state index in [1.165, 1.54) is 17.3 Å². The van der Waals surface area contributed by atoms with Crippen molar-refractivity contribution < 1.29 is 4.79 Å². The second-order valence-corrected chi connectivity index (χ2v) is 8.11. The molecule has 2 heterocycles. The maximum Gasteiger partial charge on any atom is 0.237 e. The van der Waals surface area contributed by atoms with Crippen LogP contribution in [0.25, 0.3) is 11.4 Å². The van der Waals surface area contributed by atoms with Crippen molar-refractivity contribution in [2.24, 2.45) is 0 Å². The van der Waals surface area contributed by atoms with Crippen LogP contribution in [0.4, 0.5) is 5.69 Å². The van der Waals surface area contributed by atoms with Gasteiger partial charge in [0, 0.05) is 22.3 Å². The third kappa shape index (κ3) is 3.70. The van der Waals surface area contributed by atoms with Crippen molar-refractivity contribution in [1.82, 2.24) is 15.2 Å². The number of hydrogen-bond acceptors (Lipinski definition) is 4. The molecule has 8 heteroatoms. The van der Waals surface area contributed by atoms with Gasteiger partial charge in [0.05, 0.1) is 10.8 Å². The first-order valence-electron chi connectivity index (χ1n) is 8.43. The molecule has 0 spiro atoms. The smallest absolute Gasteiger partial charge is 0.237 e. The van der Waals surface area contributed by atoms with E-state index < -0.39 is 0 Å². The van der Waals surface area contributed by atoms with E-state index in [1.807, 2.05) is 23.1 Å². The maximum absolute atomic E-state index is 12.8. The van der Waals surface area contributed by atoms with Gasteiger partial charge < -0.3 is 4.90 Å². The Kier molecular flexibility index (Phi) is 5.12. The highest BCUT2D eigenvalue weighted by molar-refractivity contribution is 7.99. The third-order valence-corrected chi connectivity index (χ3v) is 5.85. The first-order valence-corrected chi connectivity index (χ1v) is 10.2. The van der Waals surface area contributed by atoms with E-state index in [-0.39, 0.29) is 17.7 Å². The van der Waals surface area contributed by atoms with Gasteiger partial charge in [0.15, 0.2) is 5.82 Å². The number of fused-ring (bicyclic) bond motifs is 1. The molecule has 1 aliphatic heterocycles. The molecule has 5 nitrogen and oxygen atoms in total. The van der Waals surface area contributed by atoms with Crippen molar-refractivity contribution in [1.29, 1.82) is 0 Å². The second kappa shape index (κ2) is 7.54. The van der Waals surface area contributed by atoms with Crippen LogP contribution in [0, 0.1) is 0 Å². The second-order valence-electron chi connectivity index (χ2n) is 6.33. The fraction of sp³-hybridized carbons (Fsp3) is 0.211. The summed E-state index contributed by atoms with van der Waals surface area (Å²) in [4.78, 5) is 19.1. The minimum atomic E-state index is 0.0459. The Bertz CT molecular complexity index is 1010. The Morgan fingerprint density at radius 2 is 2.11 bits per heavy atom. The van der Waals surface area contributed by atoms with Gasteiger partial charge in [-0.2, -0.15) is 0 Å². The molecule has 27 heavy (non-hydrogen) atoms. The molecule has 4 rings (SSSR count). The Hall–Kier alpha value is -2.02.